The highest BCUT2D eigenvalue weighted by Crippen LogP contribution is 2.28. The molecule has 17 heavy (non-hydrogen) atoms. The van der Waals surface area contributed by atoms with E-state index in [-0.39, 0.29) is 13.0 Å². The van der Waals surface area contributed by atoms with Crippen molar-refractivity contribution in [3.63, 3.8) is 0 Å². The van der Waals surface area contributed by atoms with Crippen LogP contribution in [0.3, 0.4) is 0 Å². The zero-order valence-electron chi connectivity index (χ0n) is 8.78. The van der Waals surface area contributed by atoms with E-state index in [1.807, 2.05) is 0 Å². The molecule has 1 fully saturated rings. The Morgan fingerprint density at radius 3 is 2.53 bits per heavy atom. The normalized spacial score (nSPS) is 22.6. The number of halogens is 3. The fourth-order valence-electron chi connectivity index (χ4n) is 1.72. The van der Waals surface area contributed by atoms with Gasteiger partial charge >= 0.3 is 12.1 Å². The maximum absolute atomic E-state index is 12.2. The smallest absolute Gasteiger partial charge is 0.400 e. The van der Waals surface area contributed by atoms with Gasteiger partial charge in [0.25, 0.3) is 0 Å². The lowest BCUT2D eigenvalue weighted by Crippen LogP contribution is -2.42. The van der Waals surface area contributed by atoms with E-state index in [9.17, 15) is 22.8 Å². The number of hydrogen-bond acceptors (Lipinski definition) is 3. The SMILES string of the molecule is O=C(O)[C@@H]1CCCN1C(=O)CC(S)C(F)(F)F. The summed E-state index contributed by atoms with van der Waals surface area (Å²) < 4.78 is 36.6. The van der Waals surface area contributed by atoms with Crippen LogP contribution in [0.2, 0.25) is 0 Å². The van der Waals surface area contributed by atoms with E-state index in [2.05, 4.69) is 12.6 Å². The molecule has 0 aromatic carbocycles. The predicted molar refractivity (Wildman–Crippen MR) is 55.8 cm³/mol. The minimum absolute atomic E-state index is 0.189. The van der Waals surface area contributed by atoms with E-state index < -0.39 is 35.8 Å². The molecule has 1 aliphatic rings. The van der Waals surface area contributed by atoms with E-state index in [4.69, 9.17) is 5.11 Å². The van der Waals surface area contributed by atoms with Gasteiger partial charge in [0.1, 0.15) is 11.3 Å². The van der Waals surface area contributed by atoms with Gasteiger partial charge in [0.05, 0.1) is 0 Å². The third kappa shape index (κ3) is 3.52. The van der Waals surface area contributed by atoms with Gasteiger partial charge in [0.15, 0.2) is 0 Å². The van der Waals surface area contributed by atoms with E-state index in [1.165, 1.54) is 0 Å². The molecule has 0 saturated carbocycles. The molecule has 98 valence electrons. The number of thiol groups is 1. The zero-order chi connectivity index (χ0) is 13.2. The average molecular weight is 271 g/mol. The Bertz CT molecular complexity index is 321. The fourth-order valence-corrected chi connectivity index (χ4v) is 1.88. The lowest BCUT2D eigenvalue weighted by Gasteiger charge is -2.23. The Labute approximate surface area is 101 Å². The summed E-state index contributed by atoms with van der Waals surface area (Å²) >= 11 is 3.30. The summed E-state index contributed by atoms with van der Waals surface area (Å²) in [5.41, 5.74) is 0. The van der Waals surface area contributed by atoms with Crippen molar-refractivity contribution in [3.8, 4) is 0 Å². The van der Waals surface area contributed by atoms with Gasteiger partial charge in [-0.1, -0.05) is 0 Å². The molecule has 8 heteroatoms. The molecule has 4 nitrogen and oxygen atoms in total. The molecular formula is C9H12F3NO3S. The van der Waals surface area contributed by atoms with Crippen LogP contribution < -0.4 is 0 Å². The van der Waals surface area contributed by atoms with Crippen LogP contribution >= 0.6 is 12.6 Å². The number of likely N-dealkylation sites (tertiary alicyclic amines) is 1. The summed E-state index contributed by atoms with van der Waals surface area (Å²) in [4.78, 5) is 23.3. The van der Waals surface area contributed by atoms with Crippen LogP contribution in [-0.2, 0) is 9.59 Å². The molecular weight excluding hydrogens is 259 g/mol. The highest BCUT2D eigenvalue weighted by molar-refractivity contribution is 7.81. The second kappa shape index (κ2) is 5.16. The van der Waals surface area contributed by atoms with Crippen molar-refractivity contribution >= 4 is 24.5 Å². The zero-order valence-corrected chi connectivity index (χ0v) is 9.67. The van der Waals surface area contributed by atoms with E-state index in [0.717, 1.165) is 4.90 Å². The molecule has 1 aliphatic heterocycles. The van der Waals surface area contributed by atoms with Crippen LogP contribution in [0, 0.1) is 0 Å². The molecule has 0 aliphatic carbocycles. The topological polar surface area (TPSA) is 57.6 Å². The van der Waals surface area contributed by atoms with Gasteiger partial charge in [-0.3, -0.25) is 4.79 Å². The number of carboxylic acids is 1. The monoisotopic (exact) mass is 271 g/mol. The highest BCUT2D eigenvalue weighted by Gasteiger charge is 2.41. The Kier molecular flexibility index (Phi) is 4.29. The first-order valence-corrected chi connectivity index (χ1v) is 5.52. The van der Waals surface area contributed by atoms with Crippen molar-refractivity contribution in [1.29, 1.82) is 0 Å². The number of alkyl halides is 3. The van der Waals surface area contributed by atoms with Gasteiger partial charge in [0, 0.05) is 13.0 Å². The summed E-state index contributed by atoms with van der Waals surface area (Å²) in [6.07, 6.45) is -4.61. The largest absolute Gasteiger partial charge is 0.480 e. The van der Waals surface area contributed by atoms with Gasteiger partial charge in [0.2, 0.25) is 5.91 Å². The maximum atomic E-state index is 12.2. The maximum Gasteiger partial charge on any atom is 0.400 e. The lowest BCUT2D eigenvalue weighted by molar-refractivity contribution is -0.152. The van der Waals surface area contributed by atoms with Gasteiger partial charge < -0.3 is 10.0 Å². The Hall–Kier alpha value is -0.920. The van der Waals surface area contributed by atoms with Gasteiger partial charge in [-0.15, -0.1) is 0 Å². The summed E-state index contributed by atoms with van der Waals surface area (Å²) in [7, 11) is 0. The van der Waals surface area contributed by atoms with Crippen LogP contribution in [-0.4, -0.2) is 45.9 Å². The Morgan fingerprint density at radius 2 is 2.06 bits per heavy atom. The molecule has 0 aromatic heterocycles. The molecule has 1 amide bonds. The quantitative estimate of drug-likeness (QED) is 0.761. The van der Waals surface area contributed by atoms with Crippen molar-refractivity contribution in [2.45, 2.75) is 36.7 Å². The van der Waals surface area contributed by atoms with Crippen LogP contribution in [0.5, 0.6) is 0 Å². The van der Waals surface area contributed by atoms with E-state index >= 15 is 0 Å². The number of nitrogens with zero attached hydrogens (tertiary/aromatic N) is 1. The molecule has 0 aromatic rings. The molecule has 0 bridgehead atoms. The number of carbonyl (C=O) groups excluding carboxylic acids is 1. The van der Waals surface area contributed by atoms with Crippen LogP contribution in [0.1, 0.15) is 19.3 Å². The first-order chi connectivity index (χ1) is 7.73. The molecule has 2 atom stereocenters. The molecule has 1 heterocycles. The Morgan fingerprint density at radius 1 is 1.47 bits per heavy atom. The Balaban J connectivity index is 2.61. The summed E-state index contributed by atoms with van der Waals surface area (Å²) in [5, 5.41) is 6.74. The van der Waals surface area contributed by atoms with Crippen molar-refractivity contribution < 1.29 is 27.9 Å². The molecule has 0 spiro atoms. The molecule has 0 radical (unpaired) electrons. The number of amides is 1. The van der Waals surface area contributed by atoms with Crippen LogP contribution in [0.15, 0.2) is 0 Å². The lowest BCUT2D eigenvalue weighted by atomic mass is 10.2. The van der Waals surface area contributed by atoms with Crippen molar-refractivity contribution in [2.75, 3.05) is 6.54 Å². The summed E-state index contributed by atoms with van der Waals surface area (Å²) in [5.74, 6) is -1.99. The van der Waals surface area contributed by atoms with Gasteiger partial charge in [-0.25, -0.2) is 4.79 Å². The number of hydrogen-bond donors (Lipinski definition) is 2. The van der Waals surface area contributed by atoms with Crippen LogP contribution in [0.25, 0.3) is 0 Å². The minimum Gasteiger partial charge on any atom is -0.480 e. The van der Waals surface area contributed by atoms with E-state index in [0.29, 0.717) is 6.42 Å². The molecule has 1 N–H and O–H groups in total. The third-order valence-electron chi connectivity index (χ3n) is 2.60. The van der Waals surface area contributed by atoms with Crippen molar-refractivity contribution in [1.82, 2.24) is 4.90 Å². The first-order valence-electron chi connectivity index (χ1n) is 5.00. The highest BCUT2D eigenvalue weighted by atomic mass is 32.1. The standard InChI is InChI=1S/C9H12F3NO3S/c10-9(11,12)6(17)4-7(14)13-3-1-2-5(13)8(15)16/h5-6,17H,1-4H2,(H,15,16)/t5-,6?/m0/s1. The van der Waals surface area contributed by atoms with E-state index in [1.54, 1.807) is 0 Å². The molecule has 1 rings (SSSR count). The van der Waals surface area contributed by atoms with Gasteiger partial charge in [-0.05, 0) is 12.8 Å². The summed E-state index contributed by atoms with van der Waals surface area (Å²) in [6, 6.07) is -1.00. The number of aliphatic carboxylic acids is 1. The number of carbonyl (C=O) groups is 2. The minimum atomic E-state index is -4.56. The van der Waals surface area contributed by atoms with Crippen molar-refractivity contribution in [3.05, 3.63) is 0 Å². The second-order valence-electron chi connectivity index (χ2n) is 3.84. The summed E-state index contributed by atoms with van der Waals surface area (Å²) in [6.45, 7) is 0.189. The predicted octanol–water partition coefficient (Wildman–Crippen LogP) is 1.31. The first kappa shape index (κ1) is 14.1. The molecule has 1 saturated heterocycles. The van der Waals surface area contributed by atoms with Crippen molar-refractivity contribution in [2.24, 2.45) is 0 Å². The average Bonchev–Trinajstić information content (AvgIpc) is 2.63. The number of rotatable bonds is 3. The molecule has 1 unspecified atom stereocenters. The second-order valence-corrected chi connectivity index (χ2v) is 4.47. The van der Waals surface area contributed by atoms with Crippen LogP contribution in [0.4, 0.5) is 13.2 Å². The number of carboxylic acid groups (broad SMARTS) is 1. The third-order valence-corrected chi connectivity index (χ3v) is 3.08. The fraction of sp³-hybridized carbons (Fsp3) is 0.778. The van der Waals surface area contributed by atoms with Gasteiger partial charge in [-0.2, -0.15) is 25.8 Å².